The summed E-state index contributed by atoms with van der Waals surface area (Å²) in [7, 11) is 1.73. The highest BCUT2D eigenvalue weighted by Crippen LogP contribution is 2.23. The first-order chi connectivity index (χ1) is 9.80. The highest BCUT2D eigenvalue weighted by molar-refractivity contribution is 14.0. The van der Waals surface area contributed by atoms with Crippen LogP contribution in [-0.4, -0.2) is 56.3 Å². The number of rotatable bonds is 5. The fourth-order valence-corrected chi connectivity index (χ4v) is 2.55. The average Bonchev–Trinajstić information content (AvgIpc) is 2.37. The van der Waals surface area contributed by atoms with Gasteiger partial charge in [0, 0.05) is 19.6 Å². The molecule has 0 aliphatic carbocycles. The van der Waals surface area contributed by atoms with Crippen molar-refractivity contribution in [3.05, 3.63) is 0 Å². The zero-order chi connectivity index (χ0) is 15.9. The van der Waals surface area contributed by atoms with Gasteiger partial charge in [-0.3, -0.25) is 9.89 Å². The molecule has 1 fully saturated rings. The second-order valence-electron chi connectivity index (χ2n) is 5.92. The predicted octanol–water partition coefficient (Wildman–Crippen LogP) is 2.84. The molecular formula is C14H28F3IN4. The van der Waals surface area contributed by atoms with Crippen LogP contribution in [0.2, 0.25) is 0 Å². The first-order valence-electron chi connectivity index (χ1n) is 7.56. The van der Waals surface area contributed by atoms with E-state index in [4.69, 9.17) is 0 Å². The van der Waals surface area contributed by atoms with Crippen LogP contribution < -0.4 is 10.6 Å². The second-order valence-corrected chi connectivity index (χ2v) is 5.92. The van der Waals surface area contributed by atoms with E-state index in [2.05, 4.69) is 15.6 Å². The van der Waals surface area contributed by atoms with Crippen LogP contribution in [-0.2, 0) is 0 Å². The minimum atomic E-state index is -4.08. The molecule has 1 rings (SSSR count). The van der Waals surface area contributed by atoms with Crippen molar-refractivity contribution in [3.63, 3.8) is 0 Å². The molecule has 4 nitrogen and oxygen atoms in total. The third-order valence-electron chi connectivity index (χ3n) is 3.60. The fraction of sp³-hybridized carbons (Fsp3) is 0.929. The largest absolute Gasteiger partial charge is 0.401 e. The maximum Gasteiger partial charge on any atom is 0.401 e. The summed E-state index contributed by atoms with van der Waals surface area (Å²) in [5.41, 5.74) is 0. The molecule has 0 atom stereocenters. The number of aliphatic imine (C=N–C) groups is 1. The summed E-state index contributed by atoms with van der Waals surface area (Å²) in [5.74, 6) is 1.28. The number of hydrogen-bond donors (Lipinski definition) is 2. The molecular weight excluding hydrogens is 408 g/mol. The number of halogens is 4. The molecule has 0 aromatic carbocycles. The Morgan fingerprint density at radius 2 is 1.86 bits per heavy atom. The van der Waals surface area contributed by atoms with E-state index in [1.165, 1.54) is 4.90 Å². The molecule has 0 bridgehead atoms. The van der Waals surface area contributed by atoms with Crippen molar-refractivity contribution in [2.24, 2.45) is 10.9 Å². The van der Waals surface area contributed by atoms with E-state index in [-0.39, 0.29) is 24.0 Å². The van der Waals surface area contributed by atoms with Gasteiger partial charge in [0.1, 0.15) is 0 Å². The molecule has 2 N–H and O–H groups in total. The van der Waals surface area contributed by atoms with E-state index in [9.17, 15) is 13.2 Å². The number of guanidine groups is 1. The van der Waals surface area contributed by atoms with Gasteiger partial charge in [0.25, 0.3) is 0 Å². The van der Waals surface area contributed by atoms with Gasteiger partial charge < -0.3 is 10.6 Å². The summed E-state index contributed by atoms with van der Waals surface area (Å²) in [4.78, 5) is 5.63. The molecule has 1 heterocycles. The average molecular weight is 436 g/mol. The van der Waals surface area contributed by atoms with Crippen LogP contribution >= 0.6 is 24.0 Å². The maximum absolute atomic E-state index is 12.3. The van der Waals surface area contributed by atoms with Gasteiger partial charge in [-0.25, -0.2) is 0 Å². The molecule has 132 valence electrons. The lowest BCUT2D eigenvalue weighted by molar-refractivity contribution is -0.148. The van der Waals surface area contributed by atoms with Crippen molar-refractivity contribution in [2.75, 3.05) is 33.2 Å². The molecule has 0 aromatic heterocycles. The van der Waals surface area contributed by atoms with Crippen LogP contribution in [0.4, 0.5) is 13.2 Å². The molecule has 0 unspecified atom stereocenters. The zero-order valence-electron chi connectivity index (χ0n) is 13.5. The van der Waals surface area contributed by atoms with E-state index in [1.54, 1.807) is 7.05 Å². The number of likely N-dealkylation sites (tertiary alicyclic amines) is 1. The second kappa shape index (κ2) is 10.5. The summed E-state index contributed by atoms with van der Waals surface area (Å²) in [6.07, 6.45) is -1.43. The van der Waals surface area contributed by atoms with Gasteiger partial charge in [0.15, 0.2) is 5.96 Å². The highest BCUT2D eigenvalue weighted by Gasteiger charge is 2.32. The van der Waals surface area contributed by atoms with E-state index in [1.807, 2.05) is 13.8 Å². The van der Waals surface area contributed by atoms with Crippen molar-refractivity contribution < 1.29 is 13.2 Å². The van der Waals surface area contributed by atoms with Crippen LogP contribution in [0.25, 0.3) is 0 Å². The standard InChI is InChI=1S/C14H27F3N4.HI/c1-11(2)20-13(18-3)19-7-4-12-5-8-21(9-6-12)10-14(15,16)17;/h11-12H,4-10H2,1-3H3,(H2,18,19,20);1H. The predicted molar refractivity (Wildman–Crippen MR) is 94.9 cm³/mol. The van der Waals surface area contributed by atoms with E-state index in [0.29, 0.717) is 25.0 Å². The number of nitrogens with zero attached hydrogens (tertiary/aromatic N) is 2. The maximum atomic E-state index is 12.3. The minimum Gasteiger partial charge on any atom is -0.356 e. The third-order valence-corrected chi connectivity index (χ3v) is 3.60. The Kier molecular flexibility index (Phi) is 10.4. The summed E-state index contributed by atoms with van der Waals surface area (Å²) in [5, 5.41) is 6.45. The first-order valence-corrected chi connectivity index (χ1v) is 7.56. The molecule has 1 aliphatic rings. The summed E-state index contributed by atoms with van der Waals surface area (Å²) in [6, 6.07) is 0.321. The lowest BCUT2D eigenvalue weighted by Crippen LogP contribution is -2.43. The molecule has 1 aliphatic heterocycles. The normalized spacial score (nSPS) is 18.2. The van der Waals surface area contributed by atoms with Gasteiger partial charge in [-0.15, -0.1) is 24.0 Å². The Morgan fingerprint density at radius 3 is 2.32 bits per heavy atom. The van der Waals surface area contributed by atoms with Gasteiger partial charge in [0.2, 0.25) is 0 Å². The summed E-state index contributed by atoms with van der Waals surface area (Å²) >= 11 is 0. The van der Waals surface area contributed by atoms with E-state index < -0.39 is 12.7 Å². The third kappa shape index (κ3) is 9.70. The molecule has 8 heteroatoms. The molecule has 0 amide bonds. The number of piperidine rings is 1. The Balaban J connectivity index is 0.00000441. The first kappa shape index (κ1) is 21.8. The minimum absolute atomic E-state index is 0. The zero-order valence-corrected chi connectivity index (χ0v) is 15.9. The number of hydrogen-bond acceptors (Lipinski definition) is 2. The quantitative estimate of drug-likeness (QED) is 0.396. The Morgan fingerprint density at radius 1 is 1.27 bits per heavy atom. The molecule has 0 aromatic rings. The van der Waals surface area contributed by atoms with Crippen molar-refractivity contribution in [3.8, 4) is 0 Å². The summed E-state index contributed by atoms with van der Waals surface area (Å²) in [6.45, 7) is 5.21. The van der Waals surface area contributed by atoms with Crippen LogP contribution in [0.5, 0.6) is 0 Å². The number of alkyl halides is 3. The van der Waals surface area contributed by atoms with Gasteiger partial charge in [-0.2, -0.15) is 13.2 Å². The van der Waals surface area contributed by atoms with Crippen molar-refractivity contribution >= 4 is 29.9 Å². The molecule has 0 saturated carbocycles. The Bertz CT molecular complexity index is 327. The van der Waals surface area contributed by atoms with Crippen LogP contribution in [0.15, 0.2) is 4.99 Å². The van der Waals surface area contributed by atoms with Crippen molar-refractivity contribution in [1.29, 1.82) is 0 Å². The lowest BCUT2D eigenvalue weighted by Gasteiger charge is -2.32. The fourth-order valence-electron chi connectivity index (χ4n) is 2.55. The van der Waals surface area contributed by atoms with Crippen LogP contribution in [0.3, 0.4) is 0 Å². The van der Waals surface area contributed by atoms with Gasteiger partial charge >= 0.3 is 6.18 Å². The SMILES string of the molecule is CN=C(NCCC1CCN(CC(F)(F)F)CC1)NC(C)C.I. The van der Waals surface area contributed by atoms with Crippen molar-refractivity contribution in [2.45, 2.75) is 45.3 Å². The Hall–Kier alpha value is -0.250. The molecule has 0 radical (unpaired) electrons. The van der Waals surface area contributed by atoms with E-state index >= 15 is 0 Å². The Labute approximate surface area is 148 Å². The van der Waals surface area contributed by atoms with Crippen LogP contribution in [0, 0.1) is 5.92 Å². The molecule has 1 saturated heterocycles. The van der Waals surface area contributed by atoms with E-state index in [0.717, 1.165) is 31.8 Å². The lowest BCUT2D eigenvalue weighted by atomic mass is 9.93. The molecule has 22 heavy (non-hydrogen) atoms. The smallest absolute Gasteiger partial charge is 0.356 e. The summed E-state index contributed by atoms with van der Waals surface area (Å²) < 4.78 is 36.9. The van der Waals surface area contributed by atoms with Crippen LogP contribution in [0.1, 0.15) is 33.1 Å². The van der Waals surface area contributed by atoms with Gasteiger partial charge in [-0.05, 0) is 52.1 Å². The number of nitrogens with one attached hydrogen (secondary N) is 2. The van der Waals surface area contributed by atoms with Crippen molar-refractivity contribution in [1.82, 2.24) is 15.5 Å². The highest BCUT2D eigenvalue weighted by atomic mass is 127. The van der Waals surface area contributed by atoms with Gasteiger partial charge in [-0.1, -0.05) is 0 Å². The van der Waals surface area contributed by atoms with Gasteiger partial charge in [0.05, 0.1) is 6.54 Å². The topological polar surface area (TPSA) is 39.7 Å². The monoisotopic (exact) mass is 436 g/mol. The molecule has 0 spiro atoms.